The van der Waals surface area contributed by atoms with Gasteiger partial charge in [-0.25, -0.2) is 9.98 Å². The Hall–Kier alpha value is -4.24. The van der Waals surface area contributed by atoms with Crippen molar-refractivity contribution in [2.24, 2.45) is 4.99 Å². The number of aliphatic imine (C=N–C) groups is 1. The molecule has 33 heavy (non-hydrogen) atoms. The van der Waals surface area contributed by atoms with Crippen molar-refractivity contribution in [3.63, 3.8) is 0 Å². The first-order chi connectivity index (χ1) is 16.1. The first-order valence-corrected chi connectivity index (χ1v) is 10.3. The molecule has 5 rings (SSSR count). The van der Waals surface area contributed by atoms with Gasteiger partial charge in [0.1, 0.15) is 5.69 Å². The average Bonchev–Trinajstić information content (AvgIpc) is 3.26. The monoisotopic (exact) mass is 460 g/mol. The van der Waals surface area contributed by atoms with E-state index in [1.54, 1.807) is 12.1 Å². The highest BCUT2D eigenvalue weighted by atomic mass is 35.5. The molecule has 1 amide bonds. The third-order valence-electron chi connectivity index (χ3n) is 4.93. The number of nitrogens with one attached hydrogen (secondary N) is 2. The van der Waals surface area contributed by atoms with Gasteiger partial charge in [-0.3, -0.25) is 4.79 Å². The van der Waals surface area contributed by atoms with Crippen LogP contribution in [-0.4, -0.2) is 40.1 Å². The van der Waals surface area contributed by atoms with Crippen LogP contribution in [0.15, 0.2) is 76.1 Å². The summed E-state index contributed by atoms with van der Waals surface area (Å²) < 4.78 is 10.8. The molecule has 10 heteroatoms. The van der Waals surface area contributed by atoms with Gasteiger partial charge in [0.05, 0.1) is 18.5 Å². The summed E-state index contributed by atoms with van der Waals surface area (Å²) in [5, 5.41) is 13.9. The summed E-state index contributed by atoms with van der Waals surface area (Å²) in [6.07, 6.45) is -1.01. The molecule has 1 aliphatic heterocycles. The van der Waals surface area contributed by atoms with Crippen LogP contribution in [0.25, 0.3) is 11.6 Å². The Morgan fingerprint density at radius 2 is 1.82 bits per heavy atom. The number of carbonyl (C=O) groups is 1. The number of benzene rings is 2. The maximum Gasteiger partial charge on any atom is 0.317 e. The maximum absolute atomic E-state index is 12.9. The molecule has 0 saturated carbocycles. The number of rotatable bonds is 5. The van der Waals surface area contributed by atoms with Gasteiger partial charge in [0.25, 0.3) is 11.8 Å². The average molecular weight is 461 g/mol. The van der Waals surface area contributed by atoms with E-state index in [0.29, 0.717) is 22.8 Å². The summed E-state index contributed by atoms with van der Waals surface area (Å²) in [5.74, 6) is 0.195. The van der Waals surface area contributed by atoms with Gasteiger partial charge < -0.3 is 19.8 Å². The Balaban J connectivity index is 1.47. The van der Waals surface area contributed by atoms with E-state index in [1.165, 1.54) is 7.11 Å². The molecule has 0 unspecified atom stereocenters. The van der Waals surface area contributed by atoms with E-state index < -0.39 is 6.17 Å². The largest absolute Gasteiger partial charge is 0.494 e. The lowest BCUT2D eigenvalue weighted by Crippen LogP contribution is -2.32. The van der Waals surface area contributed by atoms with E-state index in [0.717, 1.165) is 11.1 Å². The topological polar surface area (TPSA) is 115 Å². The smallest absolute Gasteiger partial charge is 0.317 e. The van der Waals surface area contributed by atoms with Crippen LogP contribution in [0, 0.1) is 0 Å². The number of methoxy groups -OCH3 is 1. The van der Waals surface area contributed by atoms with Crippen molar-refractivity contribution in [2.75, 3.05) is 17.7 Å². The third-order valence-corrected chi connectivity index (χ3v) is 5.20. The number of hydrogen-bond acceptors (Lipinski definition) is 8. The summed E-state index contributed by atoms with van der Waals surface area (Å²) in [4.78, 5) is 21.8. The van der Waals surface area contributed by atoms with Gasteiger partial charge in [-0.2, -0.15) is 0 Å². The fourth-order valence-electron chi connectivity index (χ4n) is 3.38. The number of hydrogen-bond donors (Lipinski definition) is 2. The van der Waals surface area contributed by atoms with Crippen molar-refractivity contribution in [3.05, 3.63) is 83.0 Å². The van der Waals surface area contributed by atoms with E-state index in [-0.39, 0.29) is 23.0 Å². The standard InChI is InChI=1S/C23H17ClN6O3/c1-32-17-12-11-16(25-19(17)24)22-29-30-23(33-22)28-20-21(31)26-15-10-6-5-9-14(15)18(27-20)13-7-3-2-4-8-13/h2-12,20H,1H3,(H,26,31)(H,28,30)/t20-/m1/s1. The van der Waals surface area contributed by atoms with Crippen LogP contribution in [0.2, 0.25) is 5.15 Å². The Bertz CT molecular complexity index is 1360. The Morgan fingerprint density at radius 1 is 1.03 bits per heavy atom. The summed E-state index contributed by atoms with van der Waals surface area (Å²) in [6.45, 7) is 0. The number of halogens is 1. The Morgan fingerprint density at radius 3 is 2.61 bits per heavy atom. The minimum Gasteiger partial charge on any atom is -0.494 e. The zero-order valence-electron chi connectivity index (χ0n) is 17.3. The first-order valence-electron chi connectivity index (χ1n) is 9.97. The minimum absolute atomic E-state index is 0.0148. The Kier molecular flexibility index (Phi) is 5.45. The highest BCUT2D eigenvalue weighted by Crippen LogP contribution is 2.28. The molecule has 164 valence electrons. The van der Waals surface area contributed by atoms with Crippen LogP contribution in [0.3, 0.4) is 0 Å². The maximum atomic E-state index is 12.9. The fraction of sp³-hybridized carbons (Fsp3) is 0.0870. The molecule has 2 aromatic heterocycles. The first kappa shape index (κ1) is 20.7. The number of pyridine rings is 1. The van der Waals surface area contributed by atoms with Gasteiger partial charge in [0.15, 0.2) is 10.9 Å². The molecule has 9 nitrogen and oxygen atoms in total. The quantitative estimate of drug-likeness (QED) is 0.432. The minimum atomic E-state index is -1.01. The zero-order chi connectivity index (χ0) is 22.8. The van der Waals surface area contributed by atoms with Crippen molar-refractivity contribution in [1.29, 1.82) is 0 Å². The number of carbonyl (C=O) groups excluding carboxylic acids is 1. The van der Waals surface area contributed by atoms with Gasteiger partial charge in [-0.15, -0.1) is 5.10 Å². The van der Waals surface area contributed by atoms with Crippen molar-refractivity contribution in [3.8, 4) is 17.3 Å². The normalized spacial score (nSPS) is 15.2. The SMILES string of the molecule is COc1ccc(-c2nnc(N[C@H]3N=C(c4ccccc4)c4ccccc4NC3=O)o2)nc1Cl. The molecular formula is C23H17ClN6O3. The van der Waals surface area contributed by atoms with Gasteiger partial charge in [-0.05, 0) is 18.2 Å². The molecule has 0 saturated heterocycles. The number of amides is 1. The van der Waals surface area contributed by atoms with E-state index in [2.05, 4.69) is 25.8 Å². The number of anilines is 2. The lowest BCUT2D eigenvalue weighted by atomic mass is 10.0. The molecule has 0 bridgehead atoms. The van der Waals surface area contributed by atoms with Crippen molar-refractivity contribution >= 4 is 34.9 Å². The number of benzodiazepines with no additional fused rings is 1. The summed E-state index contributed by atoms with van der Waals surface area (Å²) in [7, 11) is 1.50. The molecule has 2 aromatic carbocycles. The summed E-state index contributed by atoms with van der Waals surface area (Å²) in [5.41, 5.74) is 3.37. The van der Waals surface area contributed by atoms with Crippen LogP contribution in [0.4, 0.5) is 11.7 Å². The summed E-state index contributed by atoms with van der Waals surface area (Å²) >= 11 is 6.09. The van der Waals surface area contributed by atoms with Crippen molar-refractivity contribution in [2.45, 2.75) is 6.17 Å². The fourth-order valence-corrected chi connectivity index (χ4v) is 3.61. The van der Waals surface area contributed by atoms with E-state index in [9.17, 15) is 4.79 Å². The van der Waals surface area contributed by atoms with E-state index in [4.69, 9.17) is 25.7 Å². The molecule has 2 N–H and O–H groups in total. The highest BCUT2D eigenvalue weighted by molar-refractivity contribution is 6.31. The van der Waals surface area contributed by atoms with Crippen LogP contribution < -0.4 is 15.4 Å². The second-order valence-electron chi connectivity index (χ2n) is 7.03. The highest BCUT2D eigenvalue weighted by Gasteiger charge is 2.27. The summed E-state index contributed by atoms with van der Waals surface area (Å²) in [6, 6.07) is 20.4. The lowest BCUT2D eigenvalue weighted by Gasteiger charge is -2.11. The number of ether oxygens (including phenoxy) is 1. The molecule has 0 radical (unpaired) electrons. The molecular weight excluding hydrogens is 444 g/mol. The van der Waals surface area contributed by atoms with E-state index >= 15 is 0 Å². The van der Waals surface area contributed by atoms with Crippen LogP contribution in [0.1, 0.15) is 11.1 Å². The molecule has 0 aliphatic carbocycles. The van der Waals surface area contributed by atoms with Crippen molar-refractivity contribution < 1.29 is 13.9 Å². The second-order valence-corrected chi connectivity index (χ2v) is 7.39. The predicted molar refractivity (Wildman–Crippen MR) is 124 cm³/mol. The van der Waals surface area contributed by atoms with Crippen LogP contribution in [-0.2, 0) is 4.79 Å². The lowest BCUT2D eigenvalue weighted by molar-refractivity contribution is -0.116. The van der Waals surface area contributed by atoms with Gasteiger partial charge in [0.2, 0.25) is 6.17 Å². The molecule has 4 aromatic rings. The number of nitrogens with zero attached hydrogens (tertiary/aromatic N) is 4. The molecule has 3 heterocycles. The Labute approximate surface area is 193 Å². The number of fused-ring (bicyclic) bond motifs is 1. The number of para-hydroxylation sites is 1. The van der Waals surface area contributed by atoms with Crippen LogP contribution in [0.5, 0.6) is 5.75 Å². The van der Waals surface area contributed by atoms with Gasteiger partial charge in [-0.1, -0.05) is 65.2 Å². The van der Waals surface area contributed by atoms with Gasteiger partial charge in [0, 0.05) is 11.1 Å². The number of aromatic nitrogens is 3. The predicted octanol–water partition coefficient (Wildman–Crippen LogP) is 4.02. The molecule has 1 aliphatic rings. The van der Waals surface area contributed by atoms with Gasteiger partial charge >= 0.3 is 6.01 Å². The molecule has 0 fully saturated rings. The second kappa shape index (κ2) is 8.71. The zero-order valence-corrected chi connectivity index (χ0v) is 18.1. The third kappa shape index (κ3) is 4.13. The van der Waals surface area contributed by atoms with Crippen LogP contribution >= 0.6 is 11.6 Å². The molecule has 0 spiro atoms. The van der Waals surface area contributed by atoms with E-state index in [1.807, 2.05) is 54.6 Å². The molecule has 1 atom stereocenters. The van der Waals surface area contributed by atoms with Crippen molar-refractivity contribution in [1.82, 2.24) is 15.2 Å².